The van der Waals surface area contributed by atoms with Crippen LogP contribution in [0.4, 0.5) is 0 Å². The Bertz CT molecular complexity index is 887. The molecule has 0 aromatic rings. The lowest BCUT2D eigenvalue weighted by molar-refractivity contribution is -0.174. The van der Waals surface area contributed by atoms with Crippen LogP contribution in [0, 0.1) is 52.3 Å². The fourth-order valence-electron chi connectivity index (χ4n) is 10.8. The second-order valence-corrected chi connectivity index (χ2v) is 15.0. The molecule has 222 valence electrons. The standard InChI is InChI=1S/C33H56N2O4/c1-21(5-10-30(39)35-17-13-22(14-18-35)6-9-29(38)34-4)25-7-8-26-31-27(12-16-33(25,26)3)32(2)15-11-24(36)19-23(32)20-28(31)37/h21-28,31,36-37H,5-20H2,1-4H3,(H,34,38)/t21-,23?,24?,25?,26?,27?,28?,31?,32+,33-/m1/s1. The van der Waals surface area contributed by atoms with Gasteiger partial charge in [-0.1, -0.05) is 20.8 Å². The van der Waals surface area contributed by atoms with Crippen LogP contribution in [0.25, 0.3) is 0 Å². The van der Waals surface area contributed by atoms with Crippen molar-refractivity contribution in [2.45, 2.75) is 123 Å². The van der Waals surface area contributed by atoms with E-state index < -0.39 is 0 Å². The molecule has 5 rings (SSSR count). The molecular formula is C33H56N2O4. The van der Waals surface area contributed by atoms with E-state index in [1.165, 1.54) is 25.7 Å². The minimum Gasteiger partial charge on any atom is -0.393 e. The van der Waals surface area contributed by atoms with Gasteiger partial charge in [0.05, 0.1) is 12.2 Å². The Kier molecular flexibility index (Phi) is 8.75. The highest BCUT2D eigenvalue weighted by atomic mass is 16.3. The van der Waals surface area contributed by atoms with Gasteiger partial charge in [-0.15, -0.1) is 0 Å². The number of rotatable bonds is 7. The maximum Gasteiger partial charge on any atom is 0.222 e. The van der Waals surface area contributed by atoms with Crippen LogP contribution >= 0.6 is 0 Å². The molecule has 0 aromatic carbocycles. The summed E-state index contributed by atoms with van der Waals surface area (Å²) in [7, 11) is 1.69. The first kappa shape index (κ1) is 29.4. The Labute approximate surface area is 237 Å². The second kappa shape index (κ2) is 11.6. The van der Waals surface area contributed by atoms with Crippen molar-refractivity contribution in [2.24, 2.45) is 52.3 Å². The van der Waals surface area contributed by atoms with Crippen molar-refractivity contribution >= 4 is 11.8 Å². The number of amides is 2. The van der Waals surface area contributed by atoms with Crippen molar-refractivity contribution in [1.29, 1.82) is 0 Å². The number of carbonyl (C=O) groups is 2. The van der Waals surface area contributed by atoms with Crippen LogP contribution in [0.2, 0.25) is 0 Å². The van der Waals surface area contributed by atoms with E-state index in [4.69, 9.17) is 0 Å². The summed E-state index contributed by atoms with van der Waals surface area (Å²) in [6, 6.07) is 0. The van der Waals surface area contributed by atoms with E-state index in [0.29, 0.717) is 60.2 Å². The van der Waals surface area contributed by atoms with Gasteiger partial charge in [0.25, 0.3) is 0 Å². The summed E-state index contributed by atoms with van der Waals surface area (Å²) >= 11 is 0. The first-order valence-electron chi connectivity index (χ1n) is 16.4. The summed E-state index contributed by atoms with van der Waals surface area (Å²) in [5, 5.41) is 24.5. The molecule has 4 aliphatic carbocycles. The zero-order valence-corrected chi connectivity index (χ0v) is 25.2. The van der Waals surface area contributed by atoms with Crippen molar-refractivity contribution in [3.8, 4) is 0 Å². The summed E-state index contributed by atoms with van der Waals surface area (Å²) in [4.78, 5) is 26.8. The number of piperidine rings is 1. The molecule has 1 saturated heterocycles. The Balaban J connectivity index is 1.14. The third kappa shape index (κ3) is 5.55. The topological polar surface area (TPSA) is 89.9 Å². The lowest BCUT2D eigenvalue weighted by Gasteiger charge is -2.62. The van der Waals surface area contributed by atoms with Gasteiger partial charge in [-0.3, -0.25) is 9.59 Å². The quantitative estimate of drug-likeness (QED) is 0.413. The minimum absolute atomic E-state index is 0.115. The Morgan fingerprint density at radius 2 is 1.62 bits per heavy atom. The molecule has 5 fully saturated rings. The van der Waals surface area contributed by atoms with Crippen LogP contribution in [0.3, 0.4) is 0 Å². The van der Waals surface area contributed by atoms with Gasteiger partial charge in [-0.2, -0.15) is 0 Å². The third-order valence-electron chi connectivity index (χ3n) is 13.3. The SMILES string of the molecule is CNC(=O)CCC1CCN(C(=O)CC[C@@H](C)C2CCC3C4C(O)CC5CC(O)CC[C@]5(C)C4CC[C@@]32C)CC1. The Hall–Kier alpha value is -1.14. The molecule has 0 bridgehead atoms. The van der Waals surface area contributed by atoms with Crippen LogP contribution in [0.15, 0.2) is 0 Å². The van der Waals surface area contributed by atoms with E-state index in [1.54, 1.807) is 7.05 Å². The van der Waals surface area contributed by atoms with E-state index in [1.807, 2.05) is 0 Å². The van der Waals surface area contributed by atoms with Gasteiger partial charge in [0.2, 0.25) is 11.8 Å². The van der Waals surface area contributed by atoms with Gasteiger partial charge in [0, 0.05) is 33.0 Å². The molecule has 0 spiro atoms. The summed E-state index contributed by atoms with van der Waals surface area (Å²) in [5.41, 5.74) is 0.543. The monoisotopic (exact) mass is 544 g/mol. The molecule has 39 heavy (non-hydrogen) atoms. The van der Waals surface area contributed by atoms with Gasteiger partial charge in [-0.25, -0.2) is 0 Å². The van der Waals surface area contributed by atoms with Gasteiger partial charge < -0.3 is 20.4 Å². The molecule has 0 radical (unpaired) electrons. The first-order chi connectivity index (χ1) is 18.6. The number of aliphatic hydroxyl groups excluding tert-OH is 2. The Morgan fingerprint density at radius 1 is 0.923 bits per heavy atom. The van der Waals surface area contributed by atoms with Gasteiger partial charge >= 0.3 is 0 Å². The predicted octanol–water partition coefficient (Wildman–Crippen LogP) is 5.16. The normalized spacial score (nSPS) is 43.2. The number of carbonyl (C=O) groups excluding carboxylic acids is 2. The van der Waals surface area contributed by atoms with Crippen molar-refractivity contribution in [3.05, 3.63) is 0 Å². The largest absolute Gasteiger partial charge is 0.393 e. The molecule has 2 amide bonds. The lowest BCUT2D eigenvalue weighted by Crippen LogP contribution is -2.58. The molecule has 7 unspecified atom stereocenters. The van der Waals surface area contributed by atoms with Crippen molar-refractivity contribution in [2.75, 3.05) is 20.1 Å². The van der Waals surface area contributed by atoms with Crippen LogP contribution in [0.1, 0.15) is 111 Å². The highest BCUT2D eigenvalue weighted by molar-refractivity contribution is 5.76. The summed E-state index contributed by atoms with van der Waals surface area (Å²) in [6.45, 7) is 9.08. The van der Waals surface area contributed by atoms with Crippen LogP contribution < -0.4 is 5.32 Å². The number of nitrogens with one attached hydrogen (secondary N) is 1. The highest BCUT2D eigenvalue weighted by Crippen LogP contribution is 2.68. The third-order valence-corrected chi connectivity index (χ3v) is 13.3. The molecule has 6 heteroatoms. The molecule has 10 atom stereocenters. The van der Waals surface area contributed by atoms with Crippen LogP contribution in [-0.2, 0) is 9.59 Å². The molecular weight excluding hydrogens is 488 g/mol. The number of likely N-dealkylation sites (tertiary alicyclic amines) is 1. The van der Waals surface area contributed by atoms with Crippen molar-refractivity contribution < 1.29 is 19.8 Å². The number of hydrogen-bond acceptors (Lipinski definition) is 4. The lowest BCUT2D eigenvalue weighted by atomic mass is 9.43. The van der Waals surface area contributed by atoms with Crippen LogP contribution in [-0.4, -0.2) is 59.3 Å². The molecule has 5 aliphatic rings. The second-order valence-electron chi connectivity index (χ2n) is 15.0. The zero-order chi connectivity index (χ0) is 27.9. The van der Waals surface area contributed by atoms with Gasteiger partial charge in [0.1, 0.15) is 0 Å². The maximum absolute atomic E-state index is 13.1. The minimum atomic E-state index is -0.224. The van der Waals surface area contributed by atoms with Crippen molar-refractivity contribution in [1.82, 2.24) is 10.2 Å². The van der Waals surface area contributed by atoms with Gasteiger partial charge in [-0.05, 0) is 129 Å². The van der Waals surface area contributed by atoms with Crippen molar-refractivity contribution in [3.63, 3.8) is 0 Å². The highest BCUT2D eigenvalue weighted by Gasteiger charge is 2.62. The van der Waals surface area contributed by atoms with E-state index in [9.17, 15) is 19.8 Å². The average molecular weight is 545 g/mol. The number of fused-ring (bicyclic) bond motifs is 5. The van der Waals surface area contributed by atoms with E-state index in [0.717, 1.165) is 64.5 Å². The fraction of sp³-hybridized carbons (Fsp3) is 0.939. The predicted molar refractivity (Wildman–Crippen MR) is 154 cm³/mol. The number of nitrogens with zero attached hydrogens (tertiary/aromatic N) is 1. The number of hydrogen-bond donors (Lipinski definition) is 3. The van der Waals surface area contributed by atoms with E-state index >= 15 is 0 Å². The van der Waals surface area contributed by atoms with Crippen LogP contribution in [0.5, 0.6) is 0 Å². The zero-order valence-electron chi connectivity index (χ0n) is 25.2. The fourth-order valence-corrected chi connectivity index (χ4v) is 10.8. The number of aliphatic hydroxyl groups is 2. The molecule has 0 aromatic heterocycles. The molecule has 1 aliphatic heterocycles. The summed E-state index contributed by atoms with van der Waals surface area (Å²) in [5.74, 6) is 4.20. The molecule has 3 N–H and O–H groups in total. The Morgan fingerprint density at radius 3 is 2.33 bits per heavy atom. The summed E-state index contributed by atoms with van der Waals surface area (Å²) < 4.78 is 0. The molecule has 6 nitrogen and oxygen atoms in total. The first-order valence-corrected chi connectivity index (χ1v) is 16.4. The van der Waals surface area contributed by atoms with Gasteiger partial charge in [0.15, 0.2) is 0 Å². The smallest absolute Gasteiger partial charge is 0.222 e. The van der Waals surface area contributed by atoms with E-state index in [-0.39, 0.29) is 28.9 Å². The molecule has 1 heterocycles. The average Bonchev–Trinajstić information content (AvgIpc) is 3.28. The molecule has 4 saturated carbocycles. The summed E-state index contributed by atoms with van der Waals surface area (Å²) in [6.07, 6.45) is 13.5. The maximum atomic E-state index is 13.1. The van der Waals surface area contributed by atoms with E-state index in [2.05, 4.69) is 31.0 Å².